The van der Waals surface area contributed by atoms with Gasteiger partial charge in [0.1, 0.15) is 41.3 Å². The van der Waals surface area contributed by atoms with Gasteiger partial charge in [-0.25, -0.2) is 0 Å². The standard InChI is InChI=1S/C26H34N2O6S/c1-16(29)22-24(33-15-18-8-12-20(31-5)13-9-18)23(21-25(34-22)35-26(27-21)28(2)3)32-14-17-6-10-19(30-4)11-7-17/h6-13,16,21-25,29H,14-15H2,1-5H3/t16-,21-,22-,23-,24-,25-/m1/s1. The van der Waals surface area contributed by atoms with Crippen LogP contribution in [0, 0.1) is 0 Å². The van der Waals surface area contributed by atoms with Crippen molar-refractivity contribution in [1.82, 2.24) is 4.90 Å². The third-order valence-electron chi connectivity index (χ3n) is 6.10. The molecule has 1 saturated heterocycles. The lowest BCUT2D eigenvalue weighted by atomic mass is 9.94. The van der Waals surface area contributed by atoms with Crippen molar-refractivity contribution in [3.63, 3.8) is 0 Å². The molecular formula is C26H34N2O6S. The van der Waals surface area contributed by atoms with Crippen molar-refractivity contribution in [2.45, 2.75) is 56.0 Å². The number of nitrogens with zero attached hydrogens (tertiary/aromatic N) is 2. The van der Waals surface area contributed by atoms with Crippen LogP contribution in [0.25, 0.3) is 0 Å². The first-order chi connectivity index (χ1) is 16.9. The molecule has 0 amide bonds. The van der Waals surface area contributed by atoms with E-state index in [4.69, 9.17) is 28.7 Å². The zero-order valence-corrected chi connectivity index (χ0v) is 21.6. The van der Waals surface area contributed by atoms with E-state index < -0.39 is 24.4 Å². The number of fused-ring (bicyclic) bond motifs is 1. The Morgan fingerprint density at radius 2 is 1.43 bits per heavy atom. The molecule has 4 rings (SSSR count). The van der Waals surface area contributed by atoms with Crippen molar-refractivity contribution in [1.29, 1.82) is 0 Å². The highest BCUT2D eigenvalue weighted by molar-refractivity contribution is 8.14. The minimum absolute atomic E-state index is 0.256. The second-order valence-corrected chi connectivity index (χ2v) is 9.94. The Kier molecular flexibility index (Phi) is 8.56. The van der Waals surface area contributed by atoms with Crippen molar-refractivity contribution in [3.8, 4) is 11.5 Å². The largest absolute Gasteiger partial charge is 0.497 e. The highest BCUT2D eigenvalue weighted by Crippen LogP contribution is 2.40. The van der Waals surface area contributed by atoms with Crippen LogP contribution in [0.15, 0.2) is 53.5 Å². The SMILES string of the molecule is COc1ccc(CO[C@H]2[C@H](OCc3ccc(OC)cc3)[C@H]3N=C(N(C)C)S[C@H]3O[C@@H]2[C@@H](C)O)cc1. The number of aliphatic hydroxyl groups is 1. The second-order valence-electron chi connectivity index (χ2n) is 8.87. The van der Waals surface area contributed by atoms with Crippen LogP contribution in [0.3, 0.4) is 0 Å². The van der Waals surface area contributed by atoms with E-state index in [9.17, 15) is 5.11 Å². The number of hydrogen-bond donors (Lipinski definition) is 1. The number of thioether (sulfide) groups is 1. The van der Waals surface area contributed by atoms with Crippen LogP contribution >= 0.6 is 11.8 Å². The summed E-state index contributed by atoms with van der Waals surface area (Å²) in [5, 5.41) is 11.5. The van der Waals surface area contributed by atoms with E-state index in [-0.39, 0.29) is 11.5 Å². The van der Waals surface area contributed by atoms with E-state index in [1.54, 1.807) is 32.9 Å². The minimum atomic E-state index is -0.743. The summed E-state index contributed by atoms with van der Waals surface area (Å²) in [6.07, 6.45) is -2.21. The number of hydrogen-bond acceptors (Lipinski definition) is 9. The highest BCUT2D eigenvalue weighted by Gasteiger charge is 2.52. The van der Waals surface area contributed by atoms with Gasteiger partial charge in [0.25, 0.3) is 0 Å². The van der Waals surface area contributed by atoms with Crippen molar-refractivity contribution in [2.75, 3.05) is 28.3 Å². The predicted molar refractivity (Wildman–Crippen MR) is 136 cm³/mol. The Hall–Kier alpha value is -2.30. The molecule has 2 aliphatic heterocycles. The molecule has 0 aliphatic carbocycles. The molecule has 0 spiro atoms. The van der Waals surface area contributed by atoms with Gasteiger partial charge in [-0.3, -0.25) is 4.99 Å². The van der Waals surface area contributed by atoms with E-state index in [0.29, 0.717) is 13.2 Å². The number of rotatable bonds is 9. The summed E-state index contributed by atoms with van der Waals surface area (Å²) in [6, 6.07) is 15.2. The van der Waals surface area contributed by atoms with Crippen molar-refractivity contribution in [3.05, 3.63) is 59.7 Å². The summed E-state index contributed by atoms with van der Waals surface area (Å²) in [6.45, 7) is 2.45. The van der Waals surface area contributed by atoms with Gasteiger partial charge < -0.3 is 33.7 Å². The summed E-state index contributed by atoms with van der Waals surface area (Å²) in [4.78, 5) is 6.88. The average Bonchev–Trinajstić information content (AvgIpc) is 3.31. The Bertz CT molecular complexity index is 982. The van der Waals surface area contributed by atoms with Gasteiger partial charge in [-0.1, -0.05) is 36.0 Å². The van der Waals surface area contributed by atoms with Crippen molar-refractivity contribution >= 4 is 16.9 Å². The maximum Gasteiger partial charge on any atom is 0.161 e. The van der Waals surface area contributed by atoms with Gasteiger partial charge in [0, 0.05) is 14.1 Å². The van der Waals surface area contributed by atoms with E-state index in [2.05, 4.69) is 0 Å². The first kappa shape index (κ1) is 25.8. The van der Waals surface area contributed by atoms with Gasteiger partial charge in [-0.15, -0.1) is 0 Å². The van der Waals surface area contributed by atoms with E-state index >= 15 is 0 Å². The maximum atomic E-state index is 10.6. The number of aliphatic imine (C=N–C) groups is 1. The Labute approximate surface area is 211 Å². The van der Waals surface area contributed by atoms with Crippen LogP contribution in [0.5, 0.6) is 11.5 Å². The number of benzene rings is 2. The first-order valence-electron chi connectivity index (χ1n) is 11.6. The lowest BCUT2D eigenvalue weighted by Gasteiger charge is -2.43. The predicted octanol–water partition coefficient (Wildman–Crippen LogP) is 3.31. The van der Waals surface area contributed by atoms with Gasteiger partial charge in [-0.05, 0) is 42.3 Å². The zero-order valence-electron chi connectivity index (χ0n) is 20.8. The highest BCUT2D eigenvalue weighted by atomic mass is 32.2. The average molecular weight is 503 g/mol. The lowest BCUT2D eigenvalue weighted by Crippen LogP contribution is -2.59. The molecule has 0 saturated carbocycles. The molecule has 0 bridgehead atoms. The fourth-order valence-electron chi connectivity index (χ4n) is 4.16. The van der Waals surface area contributed by atoms with Crippen LogP contribution in [0.2, 0.25) is 0 Å². The summed E-state index contributed by atoms with van der Waals surface area (Å²) in [5.41, 5.74) is 1.75. The zero-order chi connectivity index (χ0) is 24.9. The van der Waals surface area contributed by atoms with Crippen molar-refractivity contribution in [2.24, 2.45) is 4.99 Å². The lowest BCUT2D eigenvalue weighted by molar-refractivity contribution is -0.218. The number of amidine groups is 1. The molecule has 2 heterocycles. The third kappa shape index (κ3) is 6.10. The van der Waals surface area contributed by atoms with Gasteiger partial charge >= 0.3 is 0 Å². The fraction of sp³-hybridized carbons (Fsp3) is 0.500. The molecule has 0 aromatic heterocycles. The molecule has 2 aromatic rings. The van der Waals surface area contributed by atoms with Crippen LogP contribution in [-0.4, -0.2) is 79.4 Å². The number of ether oxygens (including phenoxy) is 5. The Morgan fingerprint density at radius 1 is 0.914 bits per heavy atom. The quantitative estimate of drug-likeness (QED) is 0.559. The molecule has 0 unspecified atom stereocenters. The molecule has 2 aromatic carbocycles. The molecule has 8 nitrogen and oxygen atoms in total. The smallest absolute Gasteiger partial charge is 0.161 e. The maximum absolute atomic E-state index is 10.6. The summed E-state index contributed by atoms with van der Waals surface area (Å²) in [5.74, 6) is 1.58. The molecule has 1 fully saturated rings. The Balaban J connectivity index is 1.57. The van der Waals surface area contributed by atoms with E-state index in [1.807, 2.05) is 67.5 Å². The van der Waals surface area contributed by atoms with Crippen molar-refractivity contribution < 1.29 is 28.8 Å². The molecule has 2 aliphatic rings. The van der Waals surface area contributed by atoms with Gasteiger partial charge in [-0.2, -0.15) is 0 Å². The van der Waals surface area contributed by atoms with E-state index in [0.717, 1.165) is 27.8 Å². The summed E-state index contributed by atoms with van der Waals surface area (Å²) >= 11 is 1.55. The Morgan fingerprint density at radius 3 is 1.89 bits per heavy atom. The third-order valence-corrected chi connectivity index (χ3v) is 7.40. The normalized spacial score (nSPS) is 26.6. The fourth-order valence-corrected chi connectivity index (χ4v) is 5.30. The van der Waals surface area contributed by atoms with Crippen LogP contribution in [-0.2, 0) is 27.4 Å². The number of aliphatic hydroxyl groups excluding tert-OH is 1. The molecule has 0 radical (unpaired) electrons. The summed E-state index contributed by atoms with van der Waals surface area (Å²) in [7, 11) is 7.20. The minimum Gasteiger partial charge on any atom is -0.497 e. The monoisotopic (exact) mass is 502 g/mol. The van der Waals surface area contributed by atoms with Crippen LogP contribution in [0.4, 0.5) is 0 Å². The molecule has 35 heavy (non-hydrogen) atoms. The summed E-state index contributed by atoms with van der Waals surface area (Å²) < 4.78 is 29.7. The van der Waals surface area contributed by atoms with Gasteiger partial charge in [0.2, 0.25) is 0 Å². The second kappa shape index (κ2) is 11.6. The molecule has 190 valence electrons. The van der Waals surface area contributed by atoms with E-state index in [1.165, 1.54) is 0 Å². The topological polar surface area (TPSA) is 82.0 Å². The van der Waals surface area contributed by atoms with Gasteiger partial charge in [0.05, 0.1) is 33.5 Å². The van der Waals surface area contributed by atoms with Crippen LogP contribution in [0.1, 0.15) is 18.1 Å². The molecule has 9 heteroatoms. The first-order valence-corrected chi connectivity index (χ1v) is 12.5. The number of methoxy groups -OCH3 is 2. The molecule has 6 atom stereocenters. The van der Waals surface area contributed by atoms with Crippen LogP contribution < -0.4 is 9.47 Å². The molecule has 1 N–H and O–H groups in total. The van der Waals surface area contributed by atoms with Gasteiger partial charge in [0.15, 0.2) is 5.17 Å². The molecular weight excluding hydrogens is 468 g/mol.